The Balaban J connectivity index is 2.44. The number of hydrogen-bond acceptors (Lipinski definition) is 2. The third-order valence-electron chi connectivity index (χ3n) is 3.25. The zero-order valence-electron chi connectivity index (χ0n) is 10.1. The van der Waals surface area contributed by atoms with Crippen LogP contribution in [-0.2, 0) is 9.59 Å². The molecule has 0 radical (unpaired) electrons. The lowest BCUT2D eigenvalue weighted by Crippen LogP contribution is -2.35. The van der Waals surface area contributed by atoms with Gasteiger partial charge in [-0.25, -0.2) is 0 Å². The van der Waals surface area contributed by atoms with E-state index in [-0.39, 0.29) is 11.8 Å². The van der Waals surface area contributed by atoms with Gasteiger partial charge in [0.15, 0.2) is 0 Å². The average Bonchev–Trinajstić information content (AvgIpc) is 2.66. The van der Waals surface area contributed by atoms with Crippen LogP contribution in [0.5, 0.6) is 0 Å². The van der Waals surface area contributed by atoms with Crippen LogP contribution in [0, 0.1) is 30.1 Å². The first-order valence-electron chi connectivity index (χ1n) is 6.00. The number of rotatable bonds is 5. The third-order valence-corrected chi connectivity index (χ3v) is 3.25. The zero-order chi connectivity index (χ0) is 12.8. The Hall–Kier alpha value is -1.50. The fourth-order valence-electron chi connectivity index (χ4n) is 2.39. The number of unbranched alkanes of at least 4 members (excludes halogenated alkanes) is 1. The Morgan fingerprint density at radius 2 is 2.06 bits per heavy atom. The van der Waals surface area contributed by atoms with Gasteiger partial charge in [0.1, 0.15) is 0 Å². The first-order chi connectivity index (χ1) is 8.06. The molecule has 0 aliphatic heterocycles. The van der Waals surface area contributed by atoms with Crippen molar-refractivity contribution in [2.75, 3.05) is 6.54 Å². The van der Waals surface area contributed by atoms with Crippen LogP contribution in [0.4, 0.5) is 0 Å². The predicted octanol–water partition coefficient (Wildman–Crippen LogP) is 1.26. The number of carboxylic acid groups (broad SMARTS) is 1. The number of carbonyl (C=O) groups excluding carboxylic acids is 1. The summed E-state index contributed by atoms with van der Waals surface area (Å²) in [5, 5.41) is 11.8. The Labute approximate surface area is 102 Å². The monoisotopic (exact) mass is 237 g/mol. The lowest BCUT2D eigenvalue weighted by Gasteiger charge is -2.15. The minimum Gasteiger partial charge on any atom is -0.481 e. The maximum absolute atomic E-state index is 11.8. The molecule has 2 N–H and O–H groups in total. The fourth-order valence-corrected chi connectivity index (χ4v) is 2.39. The minimum absolute atomic E-state index is 0.140. The zero-order valence-corrected chi connectivity index (χ0v) is 10.1. The van der Waals surface area contributed by atoms with Gasteiger partial charge in [0.05, 0.1) is 11.8 Å². The van der Waals surface area contributed by atoms with E-state index in [9.17, 15) is 9.59 Å². The number of amides is 1. The van der Waals surface area contributed by atoms with Crippen molar-refractivity contribution in [2.45, 2.75) is 32.6 Å². The minimum atomic E-state index is -0.863. The second-order valence-corrected chi connectivity index (χ2v) is 4.73. The van der Waals surface area contributed by atoms with Gasteiger partial charge in [-0.05, 0) is 25.2 Å². The Kier molecular flexibility index (Phi) is 5.02. The lowest BCUT2D eigenvalue weighted by molar-refractivity contribution is -0.146. The first kappa shape index (κ1) is 13.6. The molecule has 1 aliphatic carbocycles. The number of carbonyl (C=O) groups is 2. The van der Waals surface area contributed by atoms with Gasteiger partial charge in [-0.15, -0.1) is 12.3 Å². The van der Waals surface area contributed by atoms with E-state index in [1.165, 1.54) is 0 Å². The molecule has 94 valence electrons. The maximum atomic E-state index is 11.8. The fraction of sp³-hybridized carbons (Fsp3) is 0.692. The molecular weight excluding hydrogens is 218 g/mol. The van der Waals surface area contributed by atoms with E-state index >= 15 is 0 Å². The molecule has 1 amide bonds. The van der Waals surface area contributed by atoms with E-state index in [0.717, 1.165) is 6.42 Å². The molecule has 1 aliphatic rings. The molecule has 0 aromatic rings. The Bertz CT molecular complexity index is 332. The summed E-state index contributed by atoms with van der Waals surface area (Å²) in [5.41, 5.74) is 0. The summed E-state index contributed by atoms with van der Waals surface area (Å²) in [4.78, 5) is 22.9. The highest BCUT2D eigenvalue weighted by Gasteiger charge is 2.40. The van der Waals surface area contributed by atoms with E-state index in [1.807, 2.05) is 6.92 Å². The summed E-state index contributed by atoms with van der Waals surface area (Å²) in [6, 6.07) is 0. The molecule has 1 fully saturated rings. The van der Waals surface area contributed by atoms with E-state index in [4.69, 9.17) is 11.5 Å². The van der Waals surface area contributed by atoms with Crippen molar-refractivity contribution >= 4 is 11.9 Å². The molecule has 0 saturated heterocycles. The number of nitrogens with one attached hydrogen (secondary N) is 1. The second-order valence-electron chi connectivity index (χ2n) is 4.73. The number of aliphatic carboxylic acids is 1. The largest absolute Gasteiger partial charge is 0.481 e. The van der Waals surface area contributed by atoms with Crippen LogP contribution in [0.3, 0.4) is 0 Å². The molecule has 3 atom stereocenters. The van der Waals surface area contributed by atoms with Crippen molar-refractivity contribution < 1.29 is 14.7 Å². The van der Waals surface area contributed by atoms with Crippen LogP contribution in [0.1, 0.15) is 32.6 Å². The highest BCUT2D eigenvalue weighted by Crippen LogP contribution is 2.36. The van der Waals surface area contributed by atoms with Gasteiger partial charge in [0.25, 0.3) is 0 Å². The first-order valence-corrected chi connectivity index (χ1v) is 6.00. The molecule has 4 heteroatoms. The molecule has 0 aromatic heterocycles. The van der Waals surface area contributed by atoms with Crippen LogP contribution < -0.4 is 5.32 Å². The quantitative estimate of drug-likeness (QED) is 0.559. The maximum Gasteiger partial charge on any atom is 0.307 e. The van der Waals surface area contributed by atoms with Gasteiger partial charge in [-0.2, -0.15) is 0 Å². The molecule has 3 unspecified atom stereocenters. The van der Waals surface area contributed by atoms with Gasteiger partial charge in [0, 0.05) is 13.0 Å². The summed E-state index contributed by atoms with van der Waals surface area (Å²) in [6.07, 6.45) is 7.73. The van der Waals surface area contributed by atoms with Crippen molar-refractivity contribution in [3.63, 3.8) is 0 Å². The molecule has 17 heavy (non-hydrogen) atoms. The van der Waals surface area contributed by atoms with E-state index < -0.39 is 11.9 Å². The van der Waals surface area contributed by atoms with Crippen LogP contribution in [0.15, 0.2) is 0 Å². The SMILES string of the molecule is C#CCCCNC(=O)C1CC(C)CC1C(=O)O. The normalized spacial score (nSPS) is 27.4. The Morgan fingerprint density at radius 3 is 2.65 bits per heavy atom. The standard InChI is InChI=1S/C13H19NO3/c1-3-4-5-6-14-12(15)10-7-9(2)8-11(10)13(16)17/h1,9-11H,4-8H2,2H3,(H,14,15)(H,16,17). The molecule has 0 aromatic carbocycles. The lowest BCUT2D eigenvalue weighted by atomic mass is 9.95. The molecule has 0 bridgehead atoms. The smallest absolute Gasteiger partial charge is 0.307 e. The highest BCUT2D eigenvalue weighted by molar-refractivity contribution is 5.85. The third kappa shape index (κ3) is 3.77. The molecule has 1 saturated carbocycles. The highest BCUT2D eigenvalue weighted by atomic mass is 16.4. The average molecular weight is 237 g/mol. The number of terminal acetylenes is 1. The molecule has 1 rings (SSSR count). The van der Waals surface area contributed by atoms with E-state index in [2.05, 4.69) is 11.2 Å². The van der Waals surface area contributed by atoms with Crippen molar-refractivity contribution in [3.05, 3.63) is 0 Å². The molecule has 4 nitrogen and oxygen atoms in total. The van der Waals surface area contributed by atoms with Crippen LogP contribution in [0.25, 0.3) is 0 Å². The van der Waals surface area contributed by atoms with Crippen molar-refractivity contribution in [1.29, 1.82) is 0 Å². The second kappa shape index (κ2) is 6.29. The van der Waals surface area contributed by atoms with E-state index in [0.29, 0.717) is 31.7 Å². The summed E-state index contributed by atoms with van der Waals surface area (Å²) in [5.74, 6) is 0.889. The number of hydrogen-bond donors (Lipinski definition) is 2. The summed E-state index contributed by atoms with van der Waals surface area (Å²) < 4.78 is 0. The van der Waals surface area contributed by atoms with Crippen molar-refractivity contribution in [1.82, 2.24) is 5.32 Å². The van der Waals surface area contributed by atoms with Gasteiger partial charge in [-0.3, -0.25) is 9.59 Å². The van der Waals surface area contributed by atoms with Gasteiger partial charge in [0.2, 0.25) is 5.91 Å². The van der Waals surface area contributed by atoms with Gasteiger partial charge < -0.3 is 10.4 Å². The van der Waals surface area contributed by atoms with Gasteiger partial charge >= 0.3 is 5.97 Å². The summed E-state index contributed by atoms with van der Waals surface area (Å²) in [7, 11) is 0. The molecular formula is C13H19NO3. The predicted molar refractivity (Wildman–Crippen MR) is 64.1 cm³/mol. The van der Waals surface area contributed by atoms with Crippen LogP contribution in [-0.4, -0.2) is 23.5 Å². The molecule has 0 spiro atoms. The number of carboxylic acids is 1. The molecule has 0 heterocycles. The Morgan fingerprint density at radius 1 is 1.41 bits per heavy atom. The summed E-state index contributed by atoms with van der Waals surface area (Å²) in [6.45, 7) is 2.52. The van der Waals surface area contributed by atoms with Crippen LogP contribution in [0.2, 0.25) is 0 Å². The van der Waals surface area contributed by atoms with E-state index in [1.54, 1.807) is 0 Å². The topological polar surface area (TPSA) is 66.4 Å². The van der Waals surface area contributed by atoms with Crippen molar-refractivity contribution in [2.24, 2.45) is 17.8 Å². The van der Waals surface area contributed by atoms with Crippen LogP contribution >= 0.6 is 0 Å². The van der Waals surface area contributed by atoms with Crippen molar-refractivity contribution in [3.8, 4) is 12.3 Å². The van der Waals surface area contributed by atoms with Gasteiger partial charge in [-0.1, -0.05) is 6.92 Å². The summed E-state index contributed by atoms with van der Waals surface area (Å²) >= 11 is 0.